The van der Waals surface area contributed by atoms with Crippen LogP contribution in [-0.2, 0) is 0 Å². The summed E-state index contributed by atoms with van der Waals surface area (Å²) in [6, 6.07) is 23.2. The van der Waals surface area contributed by atoms with Gasteiger partial charge in [0.25, 0.3) is 0 Å². The summed E-state index contributed by atoms with van der Waals surface area (Å²) in [7, 11) is 0. The number of aryl methyl sites for hydroxylation is 1. The van der Waals surface area contributed by atoms with Gasteiger partial charge in [-0.05, 0) is 47.8 Å². The lowest BCUT2D eigenvalue weighted by Gasteiger charge is -2.08. The van der Waals surface area contributed by atoms with E-state index >= 15 is 0 Å². The van der Waals surface area contributed by atoms with Crippen LogP contribution in [0.5, 0.6) is 0 Å². The largest absolute Gasteiger partial charge is 0.303 e. The van der Waals surface area contributed by atoms with Crippen LogP contribution in [0.15, 0.2) is 71.7 Å². The average molecular weight is 362 g/mol. The van der Waals surface area contributed by atoms with Crippen molar-refractivity contribution in [1.29, 1.82) is 0 Å². The van der Waals surface area contributed by atoms with E-state index in [9.17, 15) is 0 Å². The number of nitrogens with one attached hydrogen (secondary N) is 1. The molecule has 132 valence electrons. The molecule has 0 amide bonds. The number of thioether (sulfide) groups is 1. The molecule has 1 aliphatic carbocycles. The first kappa shape index (κ1) is 17.1. The fourth-order valence-electron chi connectivity index (χ4n) is 3.52. The molecular weight excluding hydrogens is 338 g/mol. The van der Waals surface area contributed by atoms with Gasteiger partial charge in [-0.25, -0.2) is 10.8 Å². The zero-order valence-corrected chi connectivity index (χ0v) is 15.7. The van der Waals surface area contributed by atoms with E-state index in [1.165, 1.54) is 22.9 Å². The number of amidine groups is 1. The van der Waals surface area contributed by atoms with E-state index in [1.54, 1.807) is 11.8 Å². The van der Waals surface area contributed by atoms with Crippen LogP contribution in [0.4, 0.5) is 5.69 Å². The minimum atomic E-state index is 0.681. The molecule has 0 heterocycles. The van der Waals surface area contributed by atoms with Crippen LogP contribution in [-0.4, -0.2) is 10.9 Å². The lowest BCUT2D eigenvalue weighted by molar-refractivity contribution is 0.923. The predicted molar refractivity (Wildman–Crippen MR) is 113 cm³/mol. The van der Waals surface area contributed by atoms with E-state index in [1.807, 2.05) is 24.3 Å². The Balaban J connectivity index is 1.45. The van der Waals surface area contributed by atoms with Crippen LogP contribution in [0.2, 0.25) is 0 Å². The van der Waals surface area contributed by atoms with Crippen LogP contribution < -0.4 is 11.3 Å². The van der Waals surface area contributed by atoms with Gasteiger partial charge in [-0.2, -0.15) is 0 Å². The Bertz CT molecular complexity index is 946. The highest BCUT2D eigenvalue weighted by Gasteiger charge is 2.38. The topological polar surface area (TPSA) is 50.4 Å². The first-order chi connectivity index (χ1) is 12.8. The van der Waals surface area contributed by atoms with E-state index in [2.05, 4.69) is 54.8 Å². The Morgan fingerprint density at radius 2 is 1.85 bits per heavy atom. The molecule has 3 nitrogen and oxygen atoms in total. The highest BCUT2D eigenvalue weighted by atomic mass is 32.2. The molecule has 3 aromatic rings. The highest BCUT2D eigenvalue weighted by Crippen LogP contribution is 2.50. The molecule has 3 aromatic carbocycles. The van der Waals surface area contributed by atoms with Crippen LogP contribution in [0, 0.1) is 12.8 Å². The lowest BCUT2D eigenvalue weighted by Crippen LogP contribution is -2.28. The van der Waals surface area contributed by atoms with E-state index in [4.69, 9.17) is 10.8 Å². The maximum absolute atomic E-state index is 5.74. The molecule has 0 bridgehead atoms. The molecule has 2 unspecified atom stereocenters. The van der Waals surface area contributed by atoms with Crippen molar-refractivity contribution in [1.82, 2.24) is 5.43 Å². The smallest absolute Gasteiger partial charge is 0.176 e. The number of aliphatic imine (C=N–C) groups is 1. The minimum absolute atomic E-state index is 0.681. The van der Waals surface area contributed by atoms with Crippen LogP contribution in [0.25, 0.3) is 10.8 Å². The van der Waals surface area contributed by atoms with Gasteiger partial charge in [-0.3, -0.25) is 0 Å². The first-order valence-corrected chi connectivity index (χ1v) is 9.96. The molecule has 3 N–H and O–H groups in total. The second kappa shape index (κ2) is 7.52. The molecular formula is C22H23N3S. The monoisotopic (exact) mass is 361 g/mol. The van der Waals surface area contributed by atoms with Crippen molar-refractivity contribution in [3.8, 4) is 0 Å². The van der Waals surface area contributed by atoms with Gasteiger partial charge >= 0.3 is 0 Å². The fourth-order valence-corrected chi connectivity index (χ4v) is 4.51. The van der Waals surface area contributed by atoms with Crippen molar-refractivity contribution in [2.24, 2.45) is 16.8 Å². The van der Waals surface area contributed by atoms with Crippen molar-refractivity contribution in [3.63, 3.8) is 0 Å². The third kappa shape index (κ3) is 3.62. The molecule has 1 fully saturated rings. The Labute approximate surface area is 158 Å². The molecule has 2 atom stereocenters. The molecule has 0 radical (unpaired) electrons. The van der Waals surface area contributed by atoms with Crippen molar-refractivity contribution in [2.45, 2.75) is 19.3 Å². The molecule has 0 aliphatic heterocycles. The van der Waals surface area contributed by atoms with Crippen LogP contribution >= 0.6 is 11.8 Å². The number of hydrogen-bond acceptors (Lipinski definition) is 3. The zero-order chi connectivity index (χ0) is 17.9. The average Bonchev–Trinajstić information content (AvgIpc) is 3.45. The third-order valence-electron chi connectivity index (χ3n) is 5.06. The second-order valence-electron chi connectivity index (χ2n) is 6.83. The summed E-state index contributed by atoms with van der Waals surface area (Å²) >= 11 is 1.71. The third-order valence-corrected chi connectivity index (χ3v) is 6.13. The molecule has 0 aromatic heterocycles. The van der Waals surface area contributed by atoms with E-state index in [0.29, 0.717) is 11.8 Å². The van der Waals surface area contributed by atoms with Gasteiger partial charge in [0.05, 0.1) is 5.69 Å². The number of hydrazine groups is 1. The SMILES string of the molecule is Cc1ccccc1C1CC1CSC(=Nc1cccc2ccccc12)NN. The zero-order valence-electron chi connectivity index (χ0n) is 14.9. The van der Waals surface area contributed by atoms with Gasteiger partial charge < -0.3 is 5.43 Å². The number of fused-ring (bicyclic) bond motifs is 1. The van der Waals surface area contributed by atoms with Gasteiger partial charge in [0.15, 0.2) is 5.17 Å². The molecule has 1 aliphatic rings. The Morgan fingerprint density at radius 3 is 2.69 bits per heavy atom. The predicted octanol–water partition coefficient (Wildman–Crippen LogP) is 5.14. The summed E-state index contributed by atoms with van der Waals surface area (Å²) in [5.74, 6) is 8.16. The van der Waals surface area contributed by atoms with Crippen molar-refractivity contribution in [2.75, 3.05) is 5.75 Å². The normalized spacial score (nSPS) is 19.5. The first-order valence-electron chi connectivity index (χ1n) is 8.97. The minimum Gasteiger partial charge on any atom is -0.303 e. The maximum atomic E-state index is 5.74. The van der Waals surface area contributed by atoms with E-state index < -0.39 is 0 Å². The van der Waals surface area contributed by atoms with E-state index in [0.717, 1.165) is 22.0 Å². The molecule has 0 saturated heterocycles. The summed E-state index contributed by atoms with van der Waals surface area (Å²) in [5, 5.41) is 3.11. The number of hydrogen-bond donors (Lipinski definition) is 2. The quantitative estimate of drug-likeness (QED) is 0.293. The Morgan fingerprint density at radius 1 is 1.08 bits per heavy atom. The summed E-state index contributed by atoms with van der Waals surface area (Å²) in [5.41, 5.74) is 6.62. The Kier molecular flexibility index (Phi) is 4.96. The Hall–Kier alpha value is -2.30. The number of nitrogens with two attached hydrogens (primary N) is 1. The summed E-state index contributed by atoms with van der Waals surface area (Å²) in [6.45, 7) is 2.20. The van der Waals surface area contributed by atoms with Gasteiger partial charge in [0, 0.05) is 11.1 Å². The van der Waals surface area contributed by atoms with Gasteiger partial charge in [-0.1, -0.05) is 72.4 Å². The highest BCUT2D eigenvalue weighted by molar-refractivity contribution is 8.13. The van der Waals surface area contributed by atoms with Gasteiger partial charge in [0.1, 0.15) is 0 Å². The van der Waals surface area contributed by atoms with Gasteiger partial charge in [0.2, 0.25) is 0 Å². The fraction of sp³-hybridized carbons (Fsp3) is 0.227. The van der Waals surface area contributed by atoms with E-state index in [-0.39, 0.29) is 0 Å². The number of nitrogens with zero attached hydrogens (tertiary/aromatic N) is 1. The second-order valence-corrected chi connectivity index (χ2v) is 7.84. The molecule has 4 rings (SSSR count). The number of rotatable bonds is 4. The summed E-state index contributed by atoms with van der Waals surface area (Å²) in [4.78, 5) is 4.76. The van der Waals surface area contributed by atoms with Crippen LogP contribution in [0.3, 0.4) is 0 Å². The summed E-state index contributed by atoms with van der Waals surface area (Å²) in [6.07, 6.45) is 1.25. The van der Waals surface area contributed by atoms with Crippen LogP contribution in [0.1, 0.15) is 23.5 Å². The molecule has 4 heteroatoms. The summed E-state index contributed by atoms with van der Waals surface area (Å²) < 4.78 is 0. The van der Waals surface area contributed by atoms with Crippen molar-refractivity contribution in [3.05, 3.63) is 77.9 Å². The number of benzene rings is 3. The van der Waals surface area contributed by atoms with Gasteiger partial charge in [-0.15, -0.1) is 0 Å². The molecule has 26 heavy (non-hydrogen) atoms. The molecule has 1 saturated carbocycles. The van der Waals surface area contributed by atoms with Crippen molar-refractivity contribution < 1.29 is 0 Å². The lowest BCUT2D eigenvalue weighted by atomic mass is 10.0. The van der Waals surface area contributed by atoms with Crippen molar-refractivity contribution >= 4 is 33.4 Å². The maximum Gasteiger partial charge on any atom is 0.176 e. The standard InChI is InChI=1S/C22H23N3S/c1-15-7-2-4-10-18(15)20-13-17(20)14-26-22(25-23)24-21-12-6-9-16-8-3-5-11-19(16)21/h2-12,17,20H,13-14,23H2,1H3,(H,24,25). The molecule has 0 spiro atoms.